The van der Waals surface area contributed by atoms with Crippen molar-refractivity contribution < 1.29 is 22.7 Å². The summed E-state index contributed by atoms with van der Waals surface area (Å²) in [6, 6.07) is 3.91. The van der Waals surface area contributed by atoms with E-state index in [-0.39, 0.29) is 22.2 Å². The number of anilines is 1. The minimum Gasteiger partial charge on any atom is -0.467 e. The van der Waals surface area contributed by atoms with Gasteiger partial charge < -0.3 is 14.0 Å². The fourth-order valence-corrected chi connectivity index (χ4v) is 4.30. The van der Waals surface area contributed by atoms with Crippen LogP contribution in [-0.2, 0) is 10.0 Å². The van der Waals surface area contributed by atoms with Gasteiger partial charge in [-0.15, -0.1) is 16.3 Å². The first-order valence-corrected chi connectivity index (χ1v) is 9.68. The number of nitrogens with one attached hydrogen (secondary N) is 2. The summed E-state index contributed by atoms with van der Waals surface area (Å²) in [5.41, 5.74) is 0.425. The van der Waals surface area contributed by atoms with Crippen LogP contribution in [0.15, 0.2) is 40.2 Å². The zero-order chi connectivity index (χ0) is 19.4. The van der Waals surface area contributed by atoms with Crippen molar-refractivity contribution in [2.45, 2.75) is 4.21 Å². The summed E-state index contributed by atoms with van der Waals surface area (Å²) in [4.78, 5) is 23.5. The van der Waals surface area contributed by atoms with E-state index in [4.69, 9.17) is 9.47 Å². The number of carbonyl (C=O) groups excluding carboxylic acids is 1. The second-order valence-electron chi connectivity index (χ2n) is 4.88. The van der Waals surface area contributed by atoms with Gasteiger partial charge in [0, 0.05) is 12.4 Å². The molecule has 0 saturated carbocycles. The van der Waals surface area contributed by atoms with Crippen molar-refractivity contribution in [2.75, 3.05) is 19.5 Å². The number of rotatable bonds is 6. The van der Waals surface area contributed by atoms with Gasteiger partial charge in [0.1, 0.15) is 0 Å². The third kappa shape index (κ3) is 4.15. The number of carbonyl (C=O) groups is 1. The van der Waals surface area contributed by atoms with Gasteiger partial charge in [-0.1, -0.05) is 0 Å². The Hall–Kier alpha value is -3.19. The molecule has 11 nitrogen and oxygen atoms in total. The standard InChI is InChI=1S/C14H14N6O5S2/c1-24-13-16-11(17-14(18-13)25-2)15-12(21)19-27(22,23)10-9(5-8-26-10)20-6-3-4-7-20/h3-8H,1-2H3,(H2,15,16,17,18,19,21). The van der Waals surface area contributed by atoms with Gasteiger partial charge >= 0.3 is 18.1 Å². The Morgan fingerprint density at radius 2 is 1.74 bits per heavy atom. The van der Waals surface area contributed by atoms with Crippen molar-refractivity contribution >= 4 is 33.3 Å². The van der Waals surface area contributed by atoms with E-state index in [1.54, 1.807) is 40.5 Å². The Morgan fingerprint density at radius 3 is 2.33 bits per heavy atom. The normalized spacial score (nSPS) is 11.0. The van der Waals surface area contributed by atoms with Crippen molar-refractivity contribution in [2.24, 2.45) is 0 Å². The molecule has 0 spiro atoms. The summed E-state index contributed by atoms with van der Waals surface area (Å²) in [6.45, 7) is 0. The van der Waals surface area contributed by atoms with Gasteiger partial charge in [-0.2, -0.15) is 9.97 Å². The average Bonchev–Trinajstić information content (AvgIpc) is 3.31. The molecule has 3 rings (SSSR count). The predicted octanol–water partition coefficient (Wildman–Crippen LogP) is 1.25. The monoisotopic (exact) mass is 410 g/mol. The molecule has 0 atom stereocenters. The van der Waals surface area contributed by atoms with Crippen LogP contribution in [-0.4, -0.2) is 48.2 Å². The van der Waals surface area contributed by atoms with Crippen molar-refractivity contribution in [3.8, 4) is 17.7 Å². The van der Waals surface area contributed by atoms with Gasteiger partial charge in [-0.05, 0) is 23.6 Å². The molecule has 0 fully saturated rings. The van der Waals surface area contributed by atoms with Crippen molar-refractivity contribution in [3.05, 3.63) is 36.0 Å². The first-order valence-electron chi connectivity index (χ1n) is 7.31. The molecule has 2 N–H and O–H groups in total. The van der Waals surface area contributed by atoms with E-state index in [1.807, 2.05) is 4.72 Å². The molecule has 0 unspecified atom stereocenters. The van der Waals surface area contributed by atoms with E-state index in [1.165, 1.54) is 14.2 Å². The average molecular weight is 410 g/mol. The van der Waals surface area contributed by atoms with Gasteiger partial charge in [0.25, 0.3) is 10.0 Å². The molecular weight excluding hydrogens is 396 g/mol. The SMILES string of the molecule is COc1nc(NC(=O)NS(=O)(=O)c2sccc2-n2cccc2)nc(OC)n1. The minimum atomic E-state index is -4.12. The zero-order valence-electron chi connectivity index (χ0n) is 14.1. The number of aromatic nitrogens is 4. The van der Waals surface area contributed by atoms with E-state index >= 15 is 0 Å². The number of methoxy groups -OCH3 is 2. The van der Waals surface area contributed by atoms with Crippen LogP contribution in [0.2, 0.25) is 0 Å². The lowest BCUT2D eigenvalue weighted by molar-refractivity contribution is 0.256. The highest BCUT2D eigenvalue weighted by atomic mass is 32.2. The van der Waals surface area contributed by atoms with Crippen LogP contribution >= 0.6 is 11.3 Å². The van der Waals surface area contributed by atoms with Crippen LogP contribution in [0.1, 0.15) is 0 Å². The molecular formula is C14H14N6O5S2. The highest BCUT2D eigenvalue weighted by Gasteiger charge is 2.24. The molecule has 0 radical (unpaired) electrons. The van der Waals surface area contributed by atoms with Gasteiger partial charge in [-0.3, -0.25) is 5.32 Å². The van der Waals surface area contributed by atoms with Crippen molar-refractivity contribution in [3.63, 3.8) is 0 Å². The van der Waals surface area contributed by atoms with E-state index in [0.717, 1.165) is 11.3 Å². The molecule has 3 aromatic heterocycles. The van der Waals surface area contributed by atoms with Gasteiger partial charge in [0.2, 0.25) is 5.95 Å². The topological polar surface area (TPSA) is 137 Å². The van der Waals surface area contributed by atoms with Crippen LogP contribution in [0.3, 0.4) is 0 Å². The molecule has 3 aromatic rings. The summed E-state index contributed by atoms with van der Waals surface area (Å²) >= 11 is 0.983. The van der Waals surface area contributed by atoms with Gasteiger partial charge in [0.15, 0.2) is 4.21 Å². The summed E-state index contributed by atoms with van der Waals surface area (Å²) in [7, 11) is -1.48. The van der Waals surface area contributed by atoms with Crippen LogP contribution in [0.5, 0.6) is 12.0 Å². The smallest absolute Gasteiger partial charge is 0.335 e. The molecule has 142 valence electrons. The largest absolute Gasteiger partial charge is 0.467 e. The lowest BCUT2D eigenvalue weighted by atomic mass is 10.5. The first kappa shape index (κ1) is 18.6. The second kappa shape index (κ2) is 7.59. The molecule has 2 amide bonds. The van der Waals surface area contributed by atoms with Crippen LogP contribution in [0.4, 0.5) is 10.7 Å². The number of sulfonamides is 1. The second-order valence-corrected chi connectivity index (χ2v) is 7.67. The molecule has 0 bridgehead atoms. The number of thiophene rings is 1. The molecule has 0 aliphatic heterocycles. The number of hydrogen-bond donors (Lipinski definition) is 2. The Labute approximate surface area is 158 Å². The lowest BCUT2D eigenvalue weighted by Gasteiger charge is -2.09. The fourth-order valence-electron chi connectivity index (χ4n) is 2.05. The molecule has 0 aliphatic rings. The number of ether oxygens (including phenoxy) is 2. The number of nitrogens with zero attached hydrogens (tertiary/aromatic N) is 4. The Morgan fingerprint density at radius 1 is 1.11 bits per heavy atom. The predicted molar refractivity (Wildman–Crippen MR) is 95.9 cm³/mol. The van der Waals surface area contributed by atoms with E-state index in [0.29, 0.717) is 5.69 Å². The lowest BCUT2D eigenvalue weighted by Crippen LogP contribution is -2.35. The first-order chi connectivity index (χ1) is 12.9. The maximum Gasteiger partial charge on any atom is 0.335 e. The van der Waals surface area contributed by atoms with Crippen molar-refractivity contribution in [1.82, 2.24) is 24.2 Å². The summed E-state index contributed by atoms with van der Waals surface area (Å²) < 4.78 is 38.4. The maximum absolute atomic E-state index is 12.6. The molecule has 0 aliphatic carbocycles. The van der Waals surface area contributed by atoms with Gasteiger partial charge in [0.05, 0.1) is 19.9 Å². The highest BCUT2D eigenvalue weighted by molar-refractivity contribution is 7.92. The van der Waals surface area contributed by atoms with Crippen molar-refractivity contribution in [1.29, 1.82) is 0 Å². The van der Waals surface area contributed by atoms with E-state index < -0.39 is 16.1 Å². The van der Waals surface area contributed by atoms with Crippen LogP contribution < -0.4 is 19.5 Å². The number of hydrogen-bond acceptors (Lipinski definition) is 9. The molecule has 3 heterocycles. The van der Waals surface area contributed by atoms with Gasteiger partial charge in [-0.25, -0.2) is 17.9 Å². The molecule has 0 aromatic carbocycles. The summed E-state index contributed by atoms with van der Waals surface area (Å²) in [5, 5.41) is 3.82. The van der Waals surface area contributed by atoms with Crippen LogP contribution in [0, 0.1) is 0 Å². The maximum atomic E-state index is 12.6. The fraction of sp³-hybridized carbons (Fsp3) is 0.143. The zero-order valence-corrected chi connectivity index (χ0v) is 15.7. The summed E-state index contributed by atoms with van der Waals surface area (Å²) in [6.07, 6.45) is 3.40. The highest BCUT2D eigenvalue weighted by Crippen LogP contribution is 2.26. The molecule has 27 heavy (non-hydrogen) atoms. The Kier molecular flexibility index (Phi) is 5.23. The Bertz CT molecular complexity index is 1030. The summed E-state index contributed by atoms with van der Waals surface area (Å²) in [5.74, 6) is -0.233. The third-order valence-corrected chi connectivity index (χ3v) is 5.94. The van der Waals surface area contributed by atoms with Crippen LogP contribution in [0.25, 0.3) is 5.69 Å². The number of urea groups is 1. The van der Waals surface area contributed by atoms with E-state index in [9.17, 15) is 13.2 Å². The quantitative estimate of drug-likeness (QED) is 0.619. The number of amides is 2. The minimum absolute atomic E-state index is 0.0142. The molecule has 0 saturated heterocycles. The Balaban J connectivity index is 1.79. The molecule has 13 heteroatoms. The van der Waals surface area contributed by atoms with E-state index in [2.05, 4.69) is 20.3 Å². The third-order valence-electron chi connectivity index (χ3n) is 3.15.